The van der Waals surface area contributed by atoms with Crippen LogP contribution in [0.4, 0.5) is 0 Å². The quantitative estimate of drug-likeness (QED) is 0.256. The predicted octanol–water partition coefficient (Wildman–Crippen LogP) is -3.64. The molecule has 1 heterocycles. The van der Waals surface area contributed by atoms with Gasteiger partial charge in [-0.25, -0.2) is 4.79 Å². The van der Waals surface area contributed by atoms with Crippen molar-refractivity contribution in [1.29, 1.82) is 0 Å². The molecule has 142 valence electrons. The molecule has 0 bridgehead atoms. The molecule has 11 heteroatoms. The summed E-state index contributed by atoms with van der Waals surface area (Å²) in [4.78, 5) is 48.4. The zero-order chi connectivity index (χ0) is 19.1. The molecule has 1 saturated heterocycles. The molecule has 1 rings (SSSR count). The van der Waals surface area contributed by atoms with E-state index in [0.29, 0.717) is 12.8 Å². The number of aliphatic carboxylic acids is 1. The van der Waals surface area contributed by atoms with E-state index >= 15 is 0 Å². The third kappa shape index (κ3) is 5.37. The zero-order valence-corrected chi connectivity index (χ0v) is 13.8. The molecule has 4 atom stereocenters. The molecule has 1 fully saturated rings. The molecular weight excluding hydrogens is 336 g/mol. The molecule has 0 aromatic heterocycles. The van der Waals surface area contributed by atoms with Crippen molar-refractivity contribution in [2.24, 2.45) is 5.73 Å². The van der Waals surface area contributed by atoms with Crippen LogP contribution in [0, 0.1) is 0 Å². The maximum absolute atomic E-state index is 12.5. The van der Waals surface area contributed by atoms with Crippen molar-refractivity contribution in [3.05, 3.63) is 0 Å². The van der Waals surface area contributed by atoms with Crippen molar-refractivity contribution < 1.29 is 34.5 Å². The van der Waals surface area contributed by atoms with Crippen LogP contribution in [-0.4, -0.2) is 87.8 Å². The van der Waals surface area contributed by atoms with Crippen LogP contribution >= 0.6 is 0 Å². The van der Waals surface area contributed by atoms with E-state index in [2.05, 4.69) is 10.6 Å². The highest BCUT2D eigenvalue weighted by molar-refractivity contribution is 5.94. The molecule has 11 nitrogen and oxygen atoms in total. The minimum atomic E-state index is -1.48. The Kier molecular flexibility index (Phi) is 7.74. The highest BCUT2D eigenvalue weighted by Gasteiger charge is 2.38. The number of hydrogen-bond donors (Lipinski definition) is 6. The van der Waals surface area contributed by atoms with Gasteiger partial charge < -0.3 is 36.6 Å². The van der Waals surface area contributed by atoms with Crippen LogP contribution in [0.5, 0.6) is 0 Å². The molecule has 1 aliphatic rings. The van der Waals surface area contributed by atoms with Crippen molar-refractivity contribution in [3.63, 3.8) is 0 Å². The largest absolute Gasteiger partial charge is 0.480 e. The molecule has 4 unspecified atom stereocenters. The number of carboxylic acid groups (broad SMARTS) is 1. The Labute approximate surface area is 144 Å². The monoisotopic (exact) mass is 360 g/mol. The van der Waals surface area contributed by atoms with Gasteiger partial charge in [0, 0.05) is 6.54 Å². The van der Waals surface area contributed by atoms with Gasteiger partial charge in [-0.1, -0.05) is 0 Å². The summed E-state index contributed by atoms with van der Waals surface area (Å²) in [5.74, 6) is -3.41. The van der Waals surface area contributed by atoms with Gasteiger partial charge in [-0.15, -0.1) is 0 Å². The van der Waals surface area contributed by atoms with E-state index in [4.69, 9.17) is 15.9 Å². The molecule has 0 radical (unpaired) electrons. The van der Waals surface area contributed by atoms with Crippen LogP contribution in [0.1, 0.15) is 19.8 Å². The fraction of sp³-hybridized carbons (Fsp3) is 0.714. The number of rotatable bonds is 8. The van der Waals surface area contributed by atoms with Crippen LogP contribution in [0.15, 0.2) is 0 Å². The highest BCUT2D eigenvalue weighted by Crippen LogP contribution is 2.19. The number of nitrogens with zero attached hydrogens (tertiary/aromatic N) is 1. The van der Waals surface area contributed by atoms with Crippen LogP contribution in [0.25, 0.3) is 0 Å². The average Bonchev–Trinajstić information content (AvgIpc) is 3.05. The Morgan fingerprint density at radius 3 is 2.24 bits per heavy atom. The number of carbonyl (C=O) groups excluding carboxylic acids is 3. The number of nitrogens with two attached hydrogens (primary N) is 1. The predicted molar refractivity (Wildman–Crippen MR) is 84.1 cm³/mol. The number of nitrogens with one attached hydrogen (secondary N) is 2. The first-order valence-electron chi connectivity index (χ1n) is 7.84. The normalized spacial score (nSPS) is 20.5. The van der Waals surface area contributed by atoms with Crippen LogP contribution < -0.4 is 16.4 Å². The van der Waals surface area contributed by atoms with E-state index in [1.165, 1.54) is 11.8 Å². The molecule has 7 N–H and O–H groups in total. The second-order valence-electron chi connectivity index (χ2n) is 5.80. The number of aliphatic hydroxyl groups is 2. The van der Waals surface area contributed by atoms with Gasteiger partial charge in [-0.05, 0) is 19.8 Å². The van der Waals surface area contributed by atoms with Crippen LogP contribution in [0.3, 0.4) is 0 Å². The maximum Gasteiger partial charge on any atom is 0.328 e. The summed E-state index contributed by atoms with van der Waals surface area (Å²) in [7, 11) is 0. The molecule has 3 amide bonds. The molecular formula is C14H24N4O7. The third-order valence-corrected chi connectivity index (χ3v) is 3.85. The summed E-state index contributed by atoms with van der Waals surface area (Å²) >= 11 is 0. The number of carboxylic acids is 1. The van der Waals surface area contributed by atoms with Crippen LogP contribution in [-0.2, 0) is 19.2 Å². The number of hydrogen-bond acceptors (Lipinski definition) is 7. The van der Waals surface area contributed by atoms with E-state index in [1.54, 1.807) is 0 Å². The van der Waals surface area contributed by atoms with Gasteiger partial charge in [0.15, 0.2) is 0 Å². The first-order valence-corrected chi connectivity index (χ1v) is 7.84. The first kappa shape index (κ1) is 20.8. The van der Waals surface area contributed by atoms with E-state index < -0.39 is 61.1 Å². The van der Waals surface area contributed by atoms with Crippen molar-refractivity contribution in [2.75, 3.05) is 19.8 Å². The molecule has 0 spiro atoms. The maximum atomic E-state index is 12.5. The molecule has 0 aliphatic carbocycles. The van der Waals surface area contributed by atoms with E-state index in [1.807, 2.05) is 0 Å². The second-order valence-corrected chi connectivity index (χ2v) is 5.80. The molecule has 0 aromatic carbocycles. The van der Waals surface area contributed by atoms with Gasteiger partial charge in [-0.3, -0.25) is 14.4 Å². The van der Waals surface area contributed by atoms with Gasteiger partial charge in [0.1, 0.15) is 18.1 Å². The highest BCUT2D eigenvalue weighted by atomic mass is 16.4. The number of likely N-dealkylation sites (tertiary alicyclic amines) is 1. The summed E-state index contributed by atoms with van der Waals surface area (Å²) in [6.45, 7) is 0.182. The van der Waals surface area contributed by atoms with Crippen molar-refractivity contribution in [1.82, 2.24) is 15.5 Å². The third-order valence-electron chi connectivity index (χ3n) is 3.85. The Morgan fingerprint density at radius 1 is 1.16 bits per heavy atom. The Morgan fingerprint density at radius 2 is 1.76 bits per heavy atom. The lowest BCUT2D eigenvalue weighted by Crippen LogP contribution is -2.57. The van der Waals surface area contributed by atoms with E-state index in [0.717, 1.165) is 0 Å². The molecule has 0 aromatic rings. The summed E-state index contributed by atoms with van der Waals surface area (Å²) in [5, 5.41) is 31.7. The van der Waals surface area contributed by atoms with Gasteiger partial charge in [0.25, 0.3) is 0 Å². The van der Waals surface area contributed by atoms with Gasteiger partial charge in [0.05, 0.1) is 19.3 Å². The smallest absolute Gasteiger partial charge is 0.328 e. The Balaban J connectivity index is 2.81. The Hall–Kier alpha value is -2.24. The number of carbonyl (C=O) groups is 4. The lowest BCUT2D eigenvalue weighted by Gasteiger charge is -2.28. The van der Waals surface area contributed by atoms with Crippen molar-refractivity contribution in [3.8, 4) is 0 Å². The van der Waals surface area contributed by atoms with Gasteiger partial charge in [-0.2, -0.15) is 0 Å². The van der Waals surface area contributed by atoms with Gasteiger partial charge in [0.2, 0.25) is 17.7 Å². The summed E-state index contributed by atoms with van der Waals surface area (Å²) in [6.07, 6.45) is 0.800. The first-order chi connectivity index (χ1) is 11.7. The van der Waals surface area contributed by atoms with E-state index in [9.17, 15) is 24.3 Å². The standard InChI is InChI=1S/C14H24N4O7/c1-7(15)11(21)16-8(5-19)13(23)18-4-2-3-10(18)12(22)17-9(6-20)14(24)25/h7-10,19-20H,2-6,15H2,1H3,(H,16,21)(H,17,22)(H,24,25). The summed E-state index contributed by atoms with van der Waals surface area (Å²) in [6, 6.07) is -4.54. The minimum absolute atomic E-state index is 0.221. The summed E-state index contributed by atoms with van der Waals surface area (Å²) in [5.41, 5.74) is 5.40. The van der Waals surface area contributed by atoms with E-state index in [-0.39, 0.29) is 6.54 Å². The Bertz CT molecular complexity index is 525. The van der Waals surface area contributed by atoms with Crippen LogP contribution in [0.2, 0.25) is 0 Å². The summed E-state index contributed by atoms with van der Waals surface area (Å²) < 4.78 is 0. The SMILES string of the molecule is CC(N)C(=O)NC(CO)C(=O)N1CCCC1C(=O)NC(CO)C(=O)O. The minimum Gasteiger partial charge on any atom is -0.480 e. The topological polar surface area (TPSA) is 182 Å². The van der Waals surface area contributed by atoms with Crippen molar-refractivity contribution >= 4 is 23.7 Å². The number of aliphatic hydroxyl groups excluding tert-OH is 2. The molecule has 0 saturated carbocycles. The zero-order valence-electron chi connectivity index (χ0n) is 13.8. The molecule has 1 aliphatic heterocycles. The second kappa shape index (κ2) is 9.30. The molecule has 25 heavy (non-hydrogen) atoms. The number of amides is 3. The fourth-order valence-electron chi connectivity index (χ4n) is 2.45. The van der Waals surface area contributed by atoms with Crippen molar-refractivity contribution in [2.45, 2.75) is 43.9 Å². The lowest BCUT2D eigenvalue weighted by molar-refractivity contribution is -0.146. The lowest BCUT2D eigenvalue weighted by atomic mass is 10.1. The average molecular weight is 360 g/mol. The fourth-order valence-corrected chi connectivity index (χ4v) is 2.45. The van der Waals surface area contributed by atoms with Gasteiger partial charge >= 0.3 is 5.97 Å².